The molecule has 2 aromatic carbocycles. The fourth-order valence-corrected chi connectivity index (χ4v) is 3.58. The Labute approximate surface area is 129 Å². The van der Waals surface area contributed by atoms with Crippen LogP contribution in [0.5, 0.6) is 5.75 Å². The Morgan fingerprint density at radius 3 is 2.70 bits per heavy atom. The highest BCUT2D eigenvalue weighted by atomic mass is 79.9. The van der Waals surface area contributed by atoms with Gasteiger partial charge in [0.05, 0.1) is 23.7 Å². The van der Waals surface area contributed by atoms with E-state index in [4.69, 9.17) is 10.5 Å². The number of benzene rings is 2. The molecule has 0 aliphatic heterocycles. The van der Waals surface area contributed by atoms with Gasteiger partial charge in [0, 0.05) is 21.5 Å². The summed E-state index contributed by atoms with van der Waals surface area (Å²) in [6.07, 6.45) is 0. The first-order chi connectivity index (χ1) is 9.63. The van der Waals surface area contributed by atoms with Crippen molar-refractivity contribution in [2.24, 2.45) is 5.73 Å². The number of ether oxygens (including phenoxy) is 1. The van der Waals surface area contributed by atoms with Crippen LogP contribution in [0.15, 0.2) is 51.8 Å². The first kappa shape index (κ1) is 15.2. The van der Waals surface area contributed by atoms with Crippen LogP contribution >= 0.6 is 15.9 Å². The quantitative estimate of drug-likeness (QED) is 0.897. The van der Waals surface area contributed by atoms with E-state index in [9.17, 15) is 4.21 Å². The van der Waals surface area contributed by atoms with Crippen LogP contribution in [0.4, 0.5) is 0 Å². The minimum absolute atomic E-state index is 0.429. The second-order valence-electron chi connectivity index (χ2n) is 4.30. The van der Waals surface area contributed by atoms with Crippen molar-refractivity contribution in [2.75, 3.05) is 7.11 Å². The Hall–Kier alpha value is -1.17. The predicted molar refractivity (Wildman–Crippen MR) is 85.1 cm³/mol. The molecule has 1 unspecified atom stereocenters. The molecule has 0 saturated heterocycles. The Bertz CT molecular complexity index is 631. The number of hydrogen-bond donors (Lipinski definition) is 1. The third kappa shape index (κ3) is 3.69. The fourth-order valence-electron chi connectivity index (χ4n) is 1.89. The molecule has 0 saturated carbocycles. The first-order valence-corrected chi connectivity index (χ1v) is 8.25. The molecule has 5 heteroatoms. The van der Waals surface area contributed by atoms with Gasteiger partial charge >= 0.3 is 0 Å². The lowest BCUT2D eigenvalue weighted by atomic mass is 10.1. The van der Waals surface area contributed by atoms with E-state index >= 15 is 0 Å². The van der Waals surface area contributed by atoms with E-state index in [0.717, 1.165) is 26.2 Å². The van der Waals surface area contributed by atoms with Crippen molar-refractivity contribution >= 4 is 26.7 Å². The summed E-state index contributed by atoms with van der Waals surface area (Å²) in [6, 6.07) is 13.3. The molecule has 20 heavy (non-hydrogen) atoms. The zero-order chi connectivity index (χ0) is 14.5. The van der Waals surface area contributed by atoms with Crippen LogP contribution in [-0.2, 0) is 23.1 Å². The second kappa shape index (κ2) is 7.02. The van der Waals surface area contributed by atoms with Gasteiger partial charge in [-0.2, -0.15) is 0 Å². The van der Waals surface area contributed by atoms with E-state index < -0.39 is 10.8 Å². The molecule has 1 atom stereocenters. The van der Waals surface area contributed by atoms with Crippen LogP contribution in [0.2, 0.25) is 0 Å². The summed E-state index contributed by atoms with van der Waals surface area (Å²) >= 11 is 3.39. The number of nitrogens with two attached hydrogens (primary N) is 1. The van der Waals surface area contributed by atoms with Crippen molar-refractivity contribution in [3.8, 4) is 5.75 Å². The first-order valence-electron chi connectivity index (χ1n) is 6.14. The molecule has 106 valence electrons. The SMILES string of the molecule is COc1cc(CS(=O)c2cccc(Br)c2)ccc1CN. The Kier molecular flexibility index (Phi) is 5.34. The van der Waals surface area contributed by atoms with Crippen molar-refractivity contribution in [1.82, 2.24) is 0 Å². The Morgan fingerprint density at radius 2 is 2.05 bits per heavy atom. The average molecular weight is 354 g/mol. The summed E-state index contributed by atoms with van der Waals surface area (Å²) in [5.74, 6) is 1.20. The zero-order valence-electron chi connectivity index (χ0n) is 11.1. The van der Waals surface area contributed by atoms with Crippen LogP contribution in [0.3, 0.4) is 0 Å². The lowest BCUT2D eigenvalue weighted by molar-refractivity contribution is 0.409. The highest BCUT2D eigenvalue weighted by Crippen LogP contribution is 2.22. The minimum atomic E-state index is -1.08. The van der Waals surface area contributed by atoms with Gasteiger partial charge in [0.25, 0.3) is 0 Å². The number of rotatable bonds is 5. The van der Waals surface area contributed by atoms with Gasteiger partial charge in [-0.1, -0.05) is 34.1 Å². The van der Waals surface area contributed by atoms with Gasteiger partial charge < -0.3 is 10.5 Å². The molecule has 0 bridgehead atoms. The molecule has 0 fully saturated rings. The maximum atomic E-state index is 12.3. The molecule has 2 N–H and O–H groups in total. The van der Waals surface area contributed by atoms with Crippen LogP contribution < -0.4 is 10.5 Å². The molecule has 0 aliphatic rings. The monoisotopic (exact) mass is 353 g/mol. The van der Waals surface area contributed by atoms with Gasteiger partial charge in [-0.05, 0) is 29.8 Å². The van der Waals surface area contributed by atoms with Gasteiger partial charge in [0.15, 0.2) is 0 Å². The number of hydrogen-bond acceptors (Lipinski definition) is 3. The van der Waals surface area contributed by atoms with Crippen molar-refractivity contribution in [3.63, 3.8) is 0 Å². The number of halogens is 1. The average Bonchev–Trinajstić information content (AvgIpc) is 2.47. The molecule has 0 aliphatic carbocycles. The molecule has 0 aromatic heterocycles. The molecular weight excluding hydrogens is 338 g/mol. The van der Waals surface area contributed by atoms with Crippen LogP contribution in [-0.4, -0.2) is 11.3 Å². The highest BCUT2D eigenvalue weighted by molar-refractivity contribution is 9.10. The molecule has 2 aromatic rings. The van der Waals surface area contributed by atoms with Crippen molar-refractivity contribution < 1.29 is 8.95 Å². The lowest BCUT2D eigenvalue weighted by Gasteiger charge is -2.09. The Balaban J connectivity index is 2.19. The third-order valence-corrected chi connectivity index (χ3v) is 4.80. The van der Waals surface area contributed by atoms with Crippen LogP contribution in [0, 0.1) is 0 Å². The predicted octanol–water partition coefficient (Wildman–Crippen LogP) is 3.22. The van der Waals surface area contributed by atoms with E-state index in [2.05, 4.69) is 15.9 Å². The summed E-state index contributed by atoms with van der Waals surface area (Å²) in [5.41, 5.74) is 7.56. The molecule has 0 radical (unpaired) electrons. The maximum absolute atomic E-state index is 12.3. The normalized spacial score (nSPS) is 12.2. The molecule has 3 nitrogen and oxygen atoms in total. The van der Waals surface area contributed by atoms with Gasteiger partial charge in [0.1, 0.15) is 5.75 Å². The summed E-state index contributed by atoms with van der Waals surface area (Å²) in [4.78, 5) is 0.807. The van der Waals surface area contributed by atoms with E-state index in [0.29, 0.717) is 12.3 Å². The summed E-state index contributed by atoms with van der Waals surface area (Å²) in [7, 11) is 0.534. The number of methoxy groups -OCH3 is 1. The van der Waals surface area contributed by atoms with Crippen LogP contribution in [0.1, 0.15) is 11.1 Å². The summed E-state index contributed by atoms with van der Waals surface area (Å²) in [5, 5.41) is 0. The maximum Gasteiger partial charge on any atom is 0.123 e. The summed E-state index contributed by atoms with van der Waals surface area (Å²) < 4.78 is 18.6. The topological polar surface area (TPSA) is 52.3 Å². The van der Waals surface area contributed by atoms with E-state index in [1.165, 1.54) is 0 Å². The third-order valence-electron chi connectivity index (χ3n) is 2.93. The standard InChI is InChI=1S/C15H16BrNO2S/c1-19-15-7-11(5-6-12(15)9-17)10-20(18)14-4-2-3-13(16)8-14/h2-8H,9-10,17H2,1H3. The fraction of sp³-hybridized carbons (Fsp3) is 0.200. The van der Waals surface area contributed by atoms with Gasteiger partial charge in [-0.25, -0.2) is 0 Å². The van der Waals surface area contributed by atoms with Gasteiger partial charge in [-0.15, -0.1) is 0 Å². The van der Waals surface area contributed by atoms with E-state index in [-0.39, 0.29) is 0 Å². The molecular formula is C15H16BrNO2S. The van der Waals surface area contributed by atoms with Crippen LogP contribution in [0.25, 0.3) is 0 Å². The van der Waals surface area contributed by atoms with Gasteiger partial charge in [0.2, 0.25) is 0 Å². The molecule has 0 spiro atoms. The van der Waals surface area contributed by atoms with E-state index in [1.54, 1.807) is 7.11 Å². The van der Waals surface area contributed by atoms with Crippen molar-refractivity contribution in [3.05, 3.63) is 58.1 Å². The minimum Gasteiger partial charge on any atom is -0.496 e. The molecule has 0 heterocycles. The van der Waals surface area contributed by atoms with Gasteiger partial charge in [-0.3, -0.25) is 4.21 Å². The van der Waals surface area contributed by atoms with Crippen molar-refractivity contribution in [2.45, 2.75) is 17.2 Å². The van der Waals surface area contributed by atoms with Crippen molar-refractivity contribution in [1.29, 1.82) is 0 Å². The Morgan fingerprint density at radius 1 is 1.25 bits per heavy atom. The zero-order valence-corrected chi connectivity index (χ0v) is 13.5. The second-order valence-corrected chi connectivity index (χ2v) is 6.66. The molecule has 0 amide bonds. The lowest BCUT2D eigenvalue weighted by Crippen LogP contribution is -2.02. The largest absolute Gasteiger partial charge is 0.496 e. The summed E-state index contributed by atoms with van der Waals surface area (Å²) in [6.45, 7) is 0.429. The molecule has 2 rings (SSSR count). The van der Waals surface area contributed by atoms with E-state index in [1.807, 2.05) is 42.5 Å². The highest BCUT2D eigenvalue weighted by Gasteiger charge is 2.08. The smallest absolute Gasteiger partial charge is 0.123 e.